The number of alkyl halides is 3. The van der Waals surface area contributed by atoms with Gasteiger partial charge in [-0.3, -0.25) is 4.57 Å². The van der Waals surface area contributed by atoms with Gasteiger partial charge in [-0.05, 0) is 13.8 Å². The molecule has 19 heavy (non-hydrogen) atoms. The fourth-order valence-electron chi connectivity index (χ4n) is 1.56. The SMILES string of the molecule is CCNc1nc(-n2ccnc2C)cc(C(F)(F)F)n1. The first-order valence-corrected chi connectivity index (χ1v) is 5.62. The molecule has 8 heteroatoms. The molecule has 102 valence electrons. The van der Waals surface area contributed by atoms with Crippen molar-refractivity contribution in [3.63, 3.8) is 0 Å². The summed E-state index contributed by atoms with van der Waals surface area (Å²) in [4.78, 5) is 11.5. The Bertz CT molecular complexity index is 576. The Morgan fingerprint density at radius 3 is 2.58 bits per heavy atom. The molecule has 2 rings (SSSR count). The van der Waals surface area contributed by atoms with Gasteiger partial charge in [-0.2, -0.15) is 18.2 Å². The number of hydrogen-bond donors (Lipinski definition) is 1. The highest BCUT2D eigenvalue weighted by Crippen LogP contribution is 2.29. The van der Waals surface area contributed by atoms with Gasteiger partial charge in [0.2, 0.25) is 5.95 Å². The normalized spacial score (nSPS) is 11.6. The summed E-state index contributed by atoms with van der Waals surface area (Å²) in [6.07, 6.45) is -1.47. The third kappa shape index (κ3) is 2.83. The predicted octanol–water partition coefficient (Wildman–Crippen LogP) is 2.42. The van der Waals surface area contributed by atoms with E-state index in [4.69, 9.17) is 0 Å². The summed E-state index contributed by atoms with van der Waals surface area (Å²) >= 11 is 0. The minimum Gasteiger partial charge on any atom is -0.354 e. The summed E-state index contributed by atoms with van der Waals surface area (Å²) in [5.41, 5.74) is -0.985. The first-order chi connectivity index (χ1) is 8.91. The van der Waals surface area contributed by atoms with Crippen LogP contribution in [0.5, 0.6) is 0 Å². The number of nitrogens with one attached hydrogen (secondary N) is 1. The van der Waals surface area contributed by atoms with Gasteiger partial charge < -0.3 is 5.32 Å². The number of hydrogen-bond acceptors (Lipinski definition) is 4. The van der Waals surface area contributed by atoms with E-state index < -0.39 is 11.9 Å². The third-order valence-electron chi connectivity index (χ3n) is 2.41. The van der Waals surface area contributed by atoms with Gasteiger partial charge in [-0.15, -0.1) is 0 Å². The molecule has 2 aromatic heterocycles. The highest BCUT2D eigenvalue weighted by Gasteiger charge is 2.34. The molecule has 0 aromatic carbocycles. The highest BCUT2D eigenvalue weighted by atomic mass is 19.4. The topological polar surface area (TPSA) is 55.6 Å². The summed E-state index contributed by atoms with van der Waals surface area (Å²) < 4.78 is 39.8. The van der Waals surface area contributed by atoms with Crippen molar-refractivity contribution in [3.05, 3.63) is 30.0 Å². The number of aryl methyl sites for hydroxylation is 1. The maximum atomic E-state index is 12.8. The van der Waals surface area contributed by atoms with E-state index in [1.807, 2.05) is 0 Å². The van der Waals surface area contributed by atoms with Crippen LogP contribution in [0.25, 0.3) is 5.82 Å². The molecule has 0 aliphatic rings. The first-order valence-electron chi connectivity index (χ1n) is 5.62. The van der Waals surface area contributed by atoms with Gasteiger partial charge in [-0.1, -0.05) is 0 Å². The Hall–Kier alpha value is -2.12. The van der Waals surface area contributed by atoms with Crippen LogP contribution in [-0.2, 0) is 6.18 Å². The molecule has 0 bridgehead atoms. The van der Waals surface area contributed by atoms with Gasteiger partial charge in [-0.25, -0.2) is 9.97 Å². The molecule has 0 aliphatic carbocycles. The molecule has 0 amide bonds. The Kier molecular flexibility index (Phi) is 3.41. The molecule has 2 aromatic rings. The van der Waals surface area contributed by atoms with E-state index in [0.29, 0.717) is 12.4 Å². The molecule has 0 atom stereocenters. The lowest BCUT2D eigenvalue weighted by molar-refractivity contribution is -0.141. The van der Waals surface area contributed by atoms with Crippen molar-refractivity contribution in [2.45, 2.75) is 20.0 Å². The molecule has 0 unspecified atom stereocenters. The molecule has 1 N–H and O–H groups in total. The predicted molar refractivity (Wildman–Crippen MR) is 63.1 cm³/mol. The van der Waals surface area contributed by atoms with Gasteiger partial charge in [0, 0.05) is 25.0 Å². The van der Waals surface area contributed by atoms with Gasteiger partial charge in [0.15, 0.2) is 5.69 Å². The summed E-state index contributed by atoms with van der Waals surface area (Å²) in [5, 5.41) is 2.69. The summed E-state index contributed by atoms with van der Waals surface area (Å²) in [5.74, 6) is 0.628. The largest absolute Gasteiger partial charge is 0.433 e. The van der Waals surface area contributed by atoms with Crippen LogP contribution in [-0.4, -0.2) is 26.1 Å². The zero-order valence-electron chi connectivity index (χ0n) is 10.4. The fourth-order valence-corrected chi connectivity index (χ4v) is 1.56. The average molecular weight is 271 g/mol. The van der Waals surface area contributed by atoms with Crippen molar-refractivity contribution < 1.29 is 13.2 Å². The second-order valence-corrected chi connectivity index (χ2v) is 3.81. The molecule has 0 saturated carbocycles. The van der Waals surface area contributed by atoms with Crippen molar-refractivity contribution in [1.82, 2.24) is 19.5 Å². The van der Waals surface area contributed by atoms with Gasteiger partial charge in [0.05, 0.1) is 0 Å². The molecule has 0 radical (unpaired) electrons. The van der Waals surface area contributed by atoms with Crippen LogP contribution in [0.1, 0.15) is 18.4 Å². The number of anilines is 1. The number of nitrogens with zero attached hydrogens (tertiary/aromatic N) is 4. The van der Waals surface area contributed by atoms with E-state index in [1.54, 1.807) is 20.0 Å². The first kappa shape index (κ1) is 13.3. The molecule has 0 aliphatic heterocycles. The molecule has 2 heterocycles. The van der Waals surface area contributed by atoms with E-state index in [0.717, 1.165) is 6.07 Å². The zero-order valence-corrected chi connectivity index (χ0v) is 10.4. The lowest BCUT2D eigenvalue weighted by atomic mass is 10.3. The zero-order chi connectivity index (χ0) is 14.0. The Morgan fingerprint density at radius 2 is 2.05 bits per heavy atom. The van der Waals surface area contributed by atoms with E-state index in [2.05, 4.69) is 20.3 Å². The summed E-state index contributed by atoms with van der Waals surface area (Å²) in [6.45, 7) is 3.87. The van der Waals surface area contributed by atoms with Crippen molar-refractivity contribution in [1.29, 1.82) is 0 Å². The lowest BCUT2D eigenvalue weighted by Crippen LogP contribution is -2.14. The molecule has 0 fully saturated rings. The van der Waals surface area contributed by atoms with Gasteiger partial charge >= 0.3 is 6.18 Å². The number of aromatic nitrogens is 4. The standard InChI is InChI=1S/C11H12F3N5/c1-3-15-10-17-8(11(12,13)14)6-9(18-10)19-5-4-16-7(19)2/h4-6H,3H2,1-2H3,(H,15,17,18). The minimum absolute atomic E-state index is 0.0552. The molecular weight excluding hydrogens is 259 g/mol. The van der Waals surface area contributed by atoms with Crippen molar-refractivity contribution in [2.24, 2.45) is 0 Å². The molecular formula is C11H12F3N5. The van der Waals surface area contributed by atoms with Crippen LogP contribution in [0.2, 0.25) is 0 Å². The third-order valence-corrected chi connectivity index (χ3v) is 2.41. The molecule has 5 nitrogen and oxygen atoms in total. The van der Waals surface area contributed by atoms with Crippen molar-refractivity contribution in [3.8, 4) is 5.82 Å². The summed E-state index contributed by atoms with van der Waals surface area (Å²) in [6, 6.07) is 0.898. The molecule has 0 spiro atoms. The maximum absolute atomic E-state index is 12.8. The Labute approximate surface area is 107 Å². The number of halogens is 3. The number of imidazole rings is 1. The van der Waals surface area contributed by atoms with Crippen LogP contribution in [0, 0.1) is 6.92 Å². The lowest BCUT2D eigenvalue weighted by Gasteiger charge is -2.11. The van der Waals surface area contributed by atoms with Gasteiger partial charge in [0.1, 0.15) is 11.6 Å². The van der Waals surface area contributed by atoms with Crippen molar-refractivity contribution >= 4 is 5.95 Å². The van der Waals surface area contributed by atoms with E-state index in [9.17, 15) is 13.2 Å². The average Bonchev–Trinajstić information content (AvgIpc) is 2.74. The van der Waals surface area contributed by atoms with Crippen molar-refractivity contribution in [2.75, 3.05) is 11.9 Å². The Morgan fingerprint density at radius 1 is 1.32 bits per heavy atom. The highest BCUT2D eigenvalue weighted by molar-refractivity contribution is 5.36. The Balaban J connectivity index is 2.55. The second kappa shape index (κ2) is 4.87. The smallest absolute Gasteiger partial charge is 0.354 e. The summed E-state index contributed by atoms with van der Waals surface area (Å²) in [7, 11) is 0. The van der Waals surface area contributed by atoms with Crippen LogP contribution < -0.4 is 5.32 Å². The van der Waals surface area contributed by atoms with Gasteiger partial charge in [0.25, 0.3) is 0 Å². The van der Waals surface area contributed by atoms with E-state index in [1.165, 1.54) is 10.8 Å². The quantitative estimate of drug-likeness (QED) is 0.931. The van der Waals surface area contributed by atoms with Crippen LogP contribution in [0.4, 0.5) is 19.1 Å². The second-order valence-electron chi connectivity index (χ2n) is 3.81. The fraction of sp³-hybridized carbons (Fsp3) is 0.364. The van der Waals surface area contributed by atoms with E-state index in [-0.39, 0.29) is 11.8 Å². The maximum Gasteiger partial charge on any atom is 0.433 e. The molecule has 0 saturated heterocycles. The minimum atomic E-state index is -4.52. The monoisotopic (exact) mass is 271 g/mol. The van der Waals surface area contributed by atoms with Crippen LogP contribution in [0.15, 0.2) is 18.5 Å². The number of rotatable bonds is 3. The van der Waals surface area contributed by atoms with Crippen LogP contribution in [0.3, 0.4) is 0 Å². The van der Waals surface area contributed by atoms with Crippen LogP contribution >= 0.6 is 0 Å². The van der Waals surface area contributed by atoms with E-state index >= 15 is 0 Å².